The quantitative estimate of drug-likeness (QED) is 0.853. The second-order valence-electron chi connectivity index (χ2n) is 4.18. The summed E-state index contributed by atoms with van der Waals surface area (Å²) in [5, 5.41) is 0. The summed E-state index contributed by atoms with van der Waals surface area (Å²) in [6, 6.07) is 4.94. The lowest BCUT2D eigenvalue weighted by molar-refractivity contribution is 0.823. The number of hydrogen-bond donors (Lipinski definition) is 1. The molecule has 1 aliphatic carbocycles. The maximum Gasteiger partial charge on any atom is 0.0517 e. The third kappa shape index (κ3) is 2.12. The fourth-order valence-corrected chi connectivity index (χ4v) is 2.50. The Kier molecular flexibility index (Phi) is 2.91. The summed E-state index contributed by atoms with van der Waals surface area (Å²) in [5.74, 6) is 0. The fourth-order valence-electron chi connectivity index (χ4n) is 1.91. The highest BCUT2D eigenvalue weighted by atomic mass is 79.9. The topological polar surface area (TPSA) is 29.3 Å². The smallest absolute Gasteiger partial charge is 0.0517 e. The minimum Gasteiger partial charge on any atom is -0.398 e. The van der Waals surface area contributed by atoms with Crippen LogP contribution in [0.1, 0.15) is 25.3 Å². The third-order valence-electron chi connectivity index (χ3n) is 2.97. The van der Waals surface area contributed by atoms with Gasteiger partial charge in [-0.3, -0.25) is 0 Å². The van der Waals surface area contributed by atoms with Crippen LogP contribution in [-0.4, -0.2) is 12.6 Å². The van der Waals surface area contributed by atoms with E-state index in [2.05, 4.69) is 40.7 Å². The summed E-state index contributed by atoms with van der Waals surface area (Å²) < 4.78 is 1.11. The van der Waals surface area contributed by atoms with Crippen LogP contribution in [0.4, 0.5) is 11.4 Å². The maximum absolute atomic E-state index is 5.87. The molecule has 0 heterocycles. The molecule has 1 saturated carbocycles. The Balaban J connectivity index is 2.37. The minimum atomic E-state index is 0.745. The number of halogens is 1. The Morgan fingerprint density at radius 1 is 1.47 bits per heavy atom. The molecule has 0 spiro atoms. The summed E-state index contributed by atoms with van der Waals surface area (Å²) in [5.41, 5.74) is 9.18. The van der Waals surface area contributed by atoms with Gasteiger partial charge in [-0.05, 0) is 60.3 Å². The van der Waals surface area contributed by atoms with Crippen molar-refractivity contribution in [2.75, 3.05) is 17.2 Å². The molecule has 0 amide bonds. The van der Waals surface area contributed by atoms with Gasteiger partial charge in [0.05, 0.1) is 5.69 Å². The van der Waals surface area contributed by atoms with Crippen LogP contribution in [0.25, 0.3) is 0 Å². The molecule has 0 radical (unpaired) electrons. The Bertz CT molecular complexity index is 372. The molecule has 2 rings (SSSR count). The molecule has 1 fully saturated rings. The van der Waals surface area contributed by atoms with Crippen molar-refractivity contribution >= 4 is 27.3 Å². The van der Waals surface area contributed by atoms with E-state index in [0.29, 0.717) is 0 Å². The molecule has 0 saturated heterocycles. The van der Waals surface area contributed by atoms with Gasteiger partial charge in [-0.2, -0.15) is 0 Å². The molecule has 0 aromatic heterocycles. The van der Waals surface area contributed by atoms with Gasteiger partial charge >= 0.3 is 0 Å². The first-order valence-corrected chi connectivity index (χ1v) is 6.25. The molecular weight excluding hydrogens is 252 g/mol. The average molecular weight is 269 g/mol. The van der Waals surface area contributed by atoms with Crippen molar-refractivity contribution in [3.8, 4) is 0 Å². The highest BCUT2D eigenvalue weighted by Gasteiger charge is 2.29. The average Bonchev–Trinajstić information content (AvgIpc) is 2.99. The standard InChI is InChI=1S/C12H17BrN2/c1-3-15(9-4-5-9)12-6-8(2)11(14)7-10(12)13/h6-7,9H,3-5,14H2,1-2H3. The van der Waals surface area contributed by atoms with Gasteiger partial charge in [0.25, 0.3) is 0 Å². The van der Waals surface area contributed by atoms with Crippen LogP contribution in [0.3, 0.4) is 0 Å². The van der Waals surface area contributed by atoms with E-state index in [-0.39, 0.29) is 0 Å². The molecule has 1 aromatic carbocycles. The maximum atomic E-state index is 5.87. The second-order valence-corrected chi connectivity index (χ2v) is 5.03. The Labute approximate surface area is 99.6 Å². The largest absolute Gasteiger partial charge is 0.398 e. The lowest BCUT2D eigenvalue weighted by atomic mass is 10.1. The molecule has 2 N–H and O–H groups in total. The van der Waals surface area contributed by atoms with Gasteiger partial charge in [0.15, 0.2) is 0 Å². The zero-order chi connectivity index (χ0) is 11.0. The highest BCUT2D eigenvalue weighted by Crippen LogP contribution is 2.37. The molecule has 1 aliphatic rings. The molecule has 0 aliphatic heterocycles. The zero-order valence-electron chi connectivity index (χ0n) is 9.26. The van der Waals surface area contributed by atoms with Gasteiger partial charge in [-0.1, -0.05) is 0 Å². The molecule has 1 aromatic rings. The summed E-state index contributed by atoms with van der Waals surface area (Å²) in [4.78, 5) is 2.45. The number of aryl methyl sites for hydroxylation is 1. The van der Waals surface area contributed by atoms with Gasteiger partial charge in [0.1, 0.15) is 0 Å². The summed E-state index contributed by atoms with van der Waals surface area (Å²) in [7, 11) is 0. The molecule has 0 atom stereocenters. The first-order valence-electron chi connectivity index (χ1n) is 5.45. The SMILES string of the molecule is CCN(c1cc(C)c(N)cc1Br)C1CC1. The molecule has 82 valence electrons. The van der Waals surface area contributed by atoms with Crippen LogP contribution in [0.15, 0.2) is 16.6 Å². The zero-order valence-corrected chi connectivity index (χ0v) is 10.8. The van der Waals surface area contributed by atoms with E-state index in [1.807, 2.05) is 6.07 Å². The molecule has 15 heavy (non-hydrogen) atoms. The van der Waals surface area contributed by atoms with E-state index in [1.54, 1.807) is 0 Å². The minimum absolute atomic E-state index is 0.745. The van der Waals surface area contributed by atoms with Crippen molar-refractivity contribution in [1.29, 1.82) is 0 Å². The Morgan fingerprint density at radius 2 is 2.13 bits per heavy atom. The number of benzene rings is 1. The van der Waals surface area contributed by atoms with E-state index in [4.69, 9.17) is 5.73 Å². The number of nitrogen functional groups attached to an aromatic ring is 1. The molecule has 2 nitrogen and oxygen atoms in total. The first-order chi connectivity index (χ1) is 7.13. The Morgan fingerprint density at radius 3 is 2.67 bits per heavy atom. The number of rotatable bonds is 3. The molecule has 0 unspecified atom stereocenters. The molecule has 0 bridgehead atoms. The first kappa shape index (κ1) is 10.8. The lowest BCUT2D eigenvalue weighted by Gasteiger charge is -2.25. The van der Waals surface area contributed by atoms with Crippen molar-refractivity contribution in [3.05, 3.63) is 22.2 Å². The Hall–Kier alpha value is -0.700. The predicted molar refractivity (Wildman–Crippen MR) is 69.3 cm³/mol. The molecular formula is C12H17BrN2. The summed E-state index contributed by atoms with van der Waals surface area (Å²) in [6.07, 6.45) is 2.65. The van der Waals surface area contributed by atoms with Gasteiger partial charge in [0, 0.05) is 22.7 Å². The van der Waals surface area contributed by atoms with E-state index in [1.165, 1.54) is 18.5 Å². The van der Waals surface area contributed by atoms with Crippen molar-refractivity contribution in [3.63, 3.8) is 0 Å². The van der Waals surface area contributed by atoms with E-state index < -0.39 is 0 Å². The van der Waals surface area contributed by atoms with Crippen LogP contribution in [-0.2, 0) is 0 Å². The van der Waals surface area contributed by atoms with E-state index in [0.717, 1.165) is 28.3 Å². The van der Waals surface area contributed by atoms with Gasteiger partial charge < -0.3 is 10.6 Å². The van der Waals surface area contributed by atoms with Crippen LogP contribution >= 0.6 is 15.9 Å². The number of nitrogens with zero attached hydrogens (tertiary/aromatic N) is 1. The number of anilines is 2. The van der Waals surface area contributed by atoms with Gasteiger partial charge in [-0.25, -0.2) is 0 Å². The fraction of sp³-hybridized carbons (Fsp3) is 0.500. The normalized spacial score (nSPS) is 15.4. The predicted octanol–water partition coefficient (Wildman–Crippen LogP) is 3.33. The highest BCUT2D eigenvalue weighted by molar-refractivity contribution is 9.10. The lowest BCUT2D eigenvalue weighted by Crippen LogP contribution is -2.25. The van der Waals surface area contributed by atoms with Gasteiger partial charge in [0.2, 0.25) is 0 Å². The number of nitrogens with two attached hydrogens (primary N) is 1. The van der Waals surface area contributed by atoms with E-state index in [9.17, 15) is 0 Å². The van der Waals surface area contributed by atoms with Crippen molar-refractivity contribution in [1.82, 2.24) is 0 Å². The van der Waals surface area contributed by atoms with E-state index >= 15 is 0 Å². The van der Waals surface area contributed by atoms with Crippen molar-refractivity contribution in [2.24, 2.45) is 0 Å². The molecule has 3 heteroatoms. The van der Waals surface area contributed by atoms with Crippen LogP contribution < -0.4 is 10.6 Å². The summed E-state index contributed by atoms with van der Waals surface area (Å²) >= 11 is 3.60. The van der Waals surface area contributed by atoms with Crippen LogP contribution in [0.2, 0.25) is 0 Å². The van der Waals surface area contributed by atoms with Crippen LogP contribution in [0, 0.1) is 6.92 Å². The monoisotopic (exact) mass is 268 g/mol. The second kappa shape index (κ2) is 4.05. The number of hydrogen-bond acceptors (Lipinski definition) is 2. The third-order valence-corrected chi connectivity index (χ3v) is 3.61. The van der Waals surface area contributed by atoms with Crippen LogP contribution in [0.5, 0.6) is 0 Å². The summed E-state index contributed by atoms with van der Waals surface area (Å²) in [6.45, 7) is 5.33. The van der Waals surface area contributed by atoms with Crippen molar-refractivity contribution in [2.45, 2.75) is 32.7 Å². The van der Waals surface area contributed by atoms with Crippen molar-refractivity contribution < 1.29 is 0 Å². The van der Waals surface area contributed by atoms with Gasteiger partial charge in [-0.15, -0.1) is 0 Å².